The topological polar surface area (TPSA) is 65.0 Å². The third kappa shape index (κ3) is 4.00. The Kier molecular flexibility index (Phi) is 5.71. The van der Waals surface area contributed by atoms with E-state index in [1.54, 1.807) is 36.5 Å². The number of carbonyl (C=O) groups excluding carboxylic acids is 2. The summed E-state index contributed by atoms with van der Waals surface area (Å²) in [6.45, 7) is 1.89. The number of benzene rings is 2. The molecule has 6 heteroatoms. The van der Waals surface area contributed by atoms with Gasteiger partial charge in [-0.2, -0.15) is 0 Å². The van der Waals surface area contributed by atoms with Crippen LogP contribution in [-0.4, -0.2) is 32.4 Å². The fourth-order valence-corrected chi connectivity index (χ4v) is 2.33. The number of aliphatic imine (C=N–C) groups is 1. The van der Waals surface area contributed by atoms with Crippen molar-refractivity contribution in [1.82, 2.24) is 0 Å². The molecule has 0 radical (unpaired) electrons. The molecule has 0 saturated heterocycles. The van der Waals surface area contributed by atoms with Gasteiger partial charge in [0.2, 0.25) is 0 Å². The second kappa shape index (κ2) is 7.75. The number of esters is 2. The molecule has 0 bridgehead atoms. The van der Waals surface area contributed by atoms with Crippen molar-refractivity contribution in [3.8, 4) is 0 Å². The molecule has 0 amide bonds. The Morgan fingerprint density at radius 2 is 1.75 bits per heavy atom. The van der Waals surface area contributed by atoms with E-state index in [2.05, 4.69) is 9.73 Å². The minimum atomic E-state index is -0.560. The summed E-state index contributed by atoms with van der Waals surface area (Å²) < 4.78 is 9.43. The maximum absolute atomic E-state index is 12.0. The minimum Gasteiger partial charge on any atom is -0.465 e. The Morgan fingerprint density at radius 1 is 1.04 bits per heavy atom. The summed E-state index contributed by atoms with van der Waals surface area (Å²) >= 11 is 5.92. The molecule has 0 unspecified atom stereocenters. The first-order valence-corrected chi connectivity index (χ1v) is 7.45. The molecule has 0 fully saturated rings. The monoisotopic (exact) mass is 345 g/mol. The number of hydrogen-bond donors (Lipinski definition) is 0. The summed E-state index contributed by atoms with van der Waals surface area (Å²) in [6, 6.07) is 9.93. The van der Waals surface area contributed by atoms with E-state index >= 15 is 0 Å². The van der Waals surface area contributed by atoms with E-state index < -0.39 is 11.9 Å². The Bertz CT molecular complexity index is 815. The highest BCUT2D eigenvalue weighted by Crippen LogP contribution is 2.22. The van der Waals surface area contributed by atoms with Crippen LogP contribution in [0.2, 0.25) is 5.02 Å². The SMILES string of the molecule is COC(=O)c1ccc(/C=N/c2ccc(Cl)cc2C)c(C(=O)OC)c1. The Morgan fingerprint density at radius 3 is 2.38 bits per heavy atom. The van der Waals surface area contributed by atoms with Crippen LogP contribution < -0.4 is 0 Å². The van der Waals surface area contributed by atoms with Crippen LogP contribution in [0.4, 0.5) is 5.69 Å². The van der Waals surface area contributed by atoms with Gasteiger partial charge in [-0.1, -0.05) is 17.7 Å². The first kappa shape index (κ1) is 17.7. The Balaban J connectivity index is 2.43. The van der Waals surface area contributed by atoms with Gasteiger partial charge >= 0.3 is 11.9 Å². The predicted molar refractivity (Wildman–Crippen MR) is 92.6 cm³/mol. The number of halogens is 1. The zero-order valence-electron chi connectivity index (χ0n) is 13.5. The molecule has 24 heavy (non-hydrogen) atoms. The summed E-state index contributed by atoms with van der Waals surface area (Å²) in [7, 11) is 2.55. The number of rotatable bonds is 4. The van der Waals surface area contributed by atoms with Crippen molar-refractivity contribution >= 4 is 35.4 Å². The van der Waals surface area contributed by atoms with E-state index in [1.165, 1.54) is 20.3 Å². The van der Waals surface area contributed by atoms with E-state index in [1.807, 2.05) is 6.92 Å². The summed E-state index contributed by atoms with van der Waals surface area (Å²) in [5.74, 6) is -1.09. The largest absolute Gasteiger partial charge is 0.465 e. The smallest absolute Gasteiger partial charge is 0.338 e. The van der Waals surface area contributed by atoms with Crippen molar-refractivity contribution < 1.29 is 19.1 Å². The zero-order chi connectivity index (χ0) is 17.7. The zero-order valence-corrected chi connectivity index (χ0v) is 14.3. The number of nitrogens with zero attached hydrogens (tertiary/aromatic N) is 1. The van der Waals surface area contributed by atoms with Crippen LogP contribution in [-0.2, 0) is 9.47 Å². The van der Waals surface area contributed by atoms with Gasteiger partial charge < -0.3 is 9.47 Å². The van der Waals surface area contributed by atoms with Gasteiger partial charge in [0.1, 0.15) is 0 Å². The molecule has 0 atom stereocenters. The van der Waals surface area contributed by atoms with Gasteiger partial charge in [-0.15, -0.1) is 0 Å². The number of ether oxygens (including phenoxy) is 2. The molecule has 0 spiro atoms. The summed E-state index contributed by atoms with van der Waals surface area (Å²) in [6.07, 6.45) is 1.55. The average Bonchev–Trinajstić information content (AvgIpc) is 2.59. The van der Waals surface area contributed by atoms with E-state index in [-0.39, 0.29) is 11.1 Å². The van der Waals surface area contributed by atoms with Crippen LogP contribution in [0, 0.1) is 6.92 Å². The summed E-state index contributed by atoms with van der Waals surface area (Å²) in [5, 5.41) is 0.629. The maximum Gasteiger partial charge on any atom is 0.338 e. The van der Waals surface area contributed by atoms with Crippen molar-refractivity contribution in [2.24, 2.45) is 4.99 Å². The van der Waals surface area contributed by atoms with Crippen molar-refractivity contribution in [3.63, 3.8) is 0 Å². The fraction of sp³-hybridized carbons (Fsp3) is 0.167. The van der Waals surface area contributed by atoms with Crippen LogP contribution in [0.5, 0.6) is 0 Å². The molecule has 5 nitrogen and oxygen atoms in total. The Labute approximate surface area is 144 Å². The van der Waals surface area contributed by atoms with Crippen LogP contribution in [0.1, 0.15) is 31.8 Å². The van der Waals surface area contributed by atoms with Gasteiger partial charge in [0.15, 0.2) is 0 Å². The number of aryl methyl sites for hydroxylation is 1. The molecule has 0 aromatic heterocycles. The Hall–Kier alpha value is -2.66. The molecule has 2 rings (SSSR count). The van der Waals surface area contributed by atoms with Crippen molar-refractivity contribution in [2.45, 2.75) is 6.92 Å². The molecule has 0 saturated carbocycles. The highest BCUT2D eigenvalue weighted by atomic mass is 35.5. The van der Waals surface area contributed by atoms with Gasteiger partial charge in [-0.25, -0.2) is 9.59 Å². The summed E-state index contributed by atoms with van der Waals surface area (Å²) in [4.78, 5) is 28.0. The molecule has 0 N–H and O–H groups in total. The van der Waals surface area contributed by atoms with E-state index in [0.717, 1.165) is 11.3 Å². The molecule has 2 aromatic rings. The lowest BCUT2D eigenvalue weighted by molar-refractivity contribution is 0.0599. The van der Waals surface area contributed by atoms with E-state index in [9.17, 15) is 9.59 Å². The highest BCUT2D eigenvalue weighted by molar-refractivity contribution is 6.30. The van der Waals surface area contributed by atoms with Gasteiger partial charge in [0.05, 0.1) is 31.0 Å². The molecule has 0 aliphatic heterocycles. The van der Waals surface area contributed by atoms with Gasteiger partial charge in [-0.05, 0) is 42.8 Å². The lowest BCUT2D eigenvalue weighted by Gasteiger charge is -2.07. The third-order valence-corrected chi connectivity index (χ3v) is 3.62. The summed E-state index contributed by atoms with van der Waals surface area (Å²) in [5.41, 5.74) is 2.66. The number of hydrogen-bond acceptors (Lipinski definition) is 5. The molecule has 124 valence electrons. The first-order valence-electron chi connectivity index (χ1n) is 7.07. The second-order valence-corrected chi connectivity index (χ2v) is 5.41. The fourth-order valence-electron chi connectivity index (χ4n) is 2.10. The predicted octanol–water partition coefficient (Wildman–Crippen LogP) is 3.97. The van der Waals surface area contributed by atoms with Gasteiger partial charge in [0.25, 0.3) is 0 Å². The first-order chi connectivity index (χ1) is 11.5. The third-order valence-electron chi connectivity index (χ3n) is 3.38. The molecular formula is C18H16ClNO4. The number of carbonyl (C=O) groups is 2. The highest BCUT2D eigenvalue weighted by Gasteiger charge is 2.15. The standard InChI is InChI=1S/C18H16ClNO4/c1-11-8-14(19)6-7-16(11)20-10-13-5-4-12(17(21)23-2)9-15(13)18(22)24-3/h4-10H,1-3H3/b20-10+. The van der Waals surface area contributed by atoms with Crippen molar-refractivity contribution in [3.05, 3.63) is 63.7 Å². The second-order valence-electron chi connectivity index (χ2n) is 4.97. The average molecular weight is 346 g/mol. The van der Waals surface area contributed by atoms with Crippen LogP contribution >= 0.6 is 11.6 Å². The molecule has 0 aliphatic carbocycles. The van der Waals surface area contributed by atoms with Crippen molar-refractivity contribution in [2.75, 3.05) is 14.2 Å². The molecule has 0 heterocycles. The lowest BCUT2D eigenvalue weighted by Crippen LogP contribution is -2.09. The lowest BCUT2D eigenvalue weighted by atomic mass is 10.0. The minimum absolute atomic E-state index is 0.232. The maximum atomic E-state index is 12.0. The quantitative estimate of drug-likeness (QED) is 0.621. The van der Waals surface area contributed by atoms with Crippen LogP contribution in [0.25, 0.3) is 0 Å². The molecular weight excluding hydrogens is 330 g/mol. The molecule has 0 aliphatic rings. The molecule has 2 aromatic carbocycles. The van der Waals surface area contributed by atoms with E-state index in [0.29, 0.717) is 10.6 Å². The van der Waals surface area contributed by atoms with Crippen LogP contribution in [0.15, 0.2) is 41.4 Å². The van der Waals surface area contributed by atoms with Gasteiger partial charge in [0, 0.05) is 16.8 Å². The van der Waals surface area contributed by atoms with Gasteiger partial charge in [-0.3, -0.25) is 4.99 Å². The van der Waals surface area contributed by atoms with E-state index in [4.69, 9.17) is 16.3 Å². The number of methoxy groups -OCH3 is 2. The van der Waals surface area contributed by atoms with Crippen molar-refractivity contribution in [1.29, 1.82) is 0 Å². The normalized spacial score (nSPS) is 10.7. The van der Waals surface area contributed by atoms with Crippen LogP contribution in [0.3, 0.4) is 0 Å².